The highest BCUT2D eigenvalue weighted by Crippen LogP contribution is 2.15. The number of carbonyl (C=O) groups is 1. The van der Waals surface area contributed by atoms with Crippen molar-refractivity contribution in [3.05, 3.63) is 0 Å². The molecule has 0 aromatic heterocycles. The van der Waals surface area contributed by atoms with E-state index >= 15 is 0 Å². The van der Waals surface area contributed by atoms with E-state index in [2.05, 4.69) is 0 Å². The van der Waals surface area contributed by atoms with Crippen molar-refractivity contribution in [3.63, 3.8) is 0 Å². The van der Waals surface area contributed by atoms with Gasteiger partial charge < -0.3 is 10.6 Å². The molecule has 0 radical (unpaired) electrons. The van der Waals surface area contributed by atoms with Crippen molar-refractivity contribution in [2.45, 2.75) is 38.9 Å². The summed E-state index contributed by atoms with van der Waals surface area (Å²) in [7, 11) is 0. The lowest BCUT2D eigenvalue weighted by molar-refractivity contribution is -0.132. The van der Waals surface area contributed by atoms with Crippen molar-refractivity contribution < 1.29 is 9.18 Å². The van der Waals surface area contributed by atoms with Crippen LogP contribution in [0.1, 0.15) is 26.7 Å². The second-order valence-corrected chi connectivity index (χ2v) is 4.08. The standard InChI is InChI=1S/C10H19FN2O/c1-3-7(2)9(12)10(14)13-5-4-8(11)6-13/h7-9H,3-6,12H2,1-2H3/t7-,8-,9-/m0/s1. The number of likely N-dealkylation sites (tertiary alicyclic amines) is 1. The normalized spacial score (nSPS) is 26.3. The van der Waals surface area contributed by atoms with E-state index in [1.54, 1.807) is 4.90 Å². The van der Waals surface area contributed by atoms with E-state index in [0.29, 0.717) is 13.0 Å². The zero-order valence-electron chi connectivity index (χ0n) is 8.87. The number of carbonyl (C=O) groups excluding carboxylic acids is 1. The largest absolute Gasteiger partial charge is 0.338 e. The zero-order valence-corrected chi connectivity index (χ0v) is 8.87. The van der Waals surface area contributed by atoms with Crippen molar-refractivity contribution in [2.24, 2.45) is 11.7 Å². The van der Waals surface area contributed by atoms with E-state index in [9.17, 15) is 9.18 Å². The smallest absolute Gasteiger partial charge is 0.239 e. The molecular weight excluding hydrogens is 183 g/mol. The molecule has 0 aromatic carbocycles. The minimum Gasteiger partial charge on any atom is -0.338 e. The topological polar surface area (TPSA) is 46.3 Å². The summed E-state index contributed by atoms with van der Waals surface area (Å²) < 4.78 is 12.8. The van der Waals surface area contributed by atoms with Crippen molar-refractivity contribution >= 4 is 5.91 Å². The Labute approximate surface area is 84.4 Å². The van der Waals surface area contributed by atoms with Crippen molar-refractivity contribution in [1.29, 1.82) is 0 Å². The first-order chi connectivity index (χ1) is 6.56. The van der Waals surface area contributed by atoms with Crippen LogP contribution in [0.3, 0.4) is 0 Å². The molecule has 0 spiro atoms. The Morgan fingerprint density at radius 3 is 2.79 bits per heavy atom. The van der Waals surface area contributed by atoms with Crippen LogP contribution in [0, 0.1) is 5.92 Å². The number of hydrogen-bond donors (Lipinski definition) is 1. The number of nitrogens with two attached hydrogens (primary N) is 1. The lowest BCUT2D eigenvalue weighted by Gasteiger charge is -2.23. The molecule has 4 heteroatoms. The number of nitrogens with zero attached hydrogens (tertiary/aromatic N) is 1. The van der Waals surface area contributed by atoms with Gasteiger partial charge >= 0.3 is 0 Å². The van der Waals surface area contributed by atoms with E-state index in [1.165, 1.54) is 0 Å². The molecule has 1 saturated heterocycles. The molecule has 3 nitrogen and oxygen atoms in total. The van der Waals surface area contributed by atoms with E-state index in [4.69, 9.17) is 5.73 Å². The lowest BCUT2D eigenvalue weighted by atomic mass is 9.99. The zero-order chi connectivity index (χ0) is 10.7. The van der Waals surface area contributed by atoms with Crippen LogP contribution in [0.2, 0.25) is 0 Å². The molecule has 0 bridgehead atoms. The number of halogens is 1. The van der Waals surface area contributed by atoms with Gasteiger partial charge in [-0.1, -0.05) is 20.3 Å². The van der Waals surface area contributed by atoms with E-state index < -0.39 is 12.2 Å². The summed E-state index contributed by atoms with van der Waals surface area (Å²) >= 11 is 0. The molecule has 0 aromatic rings. The first-order valence-electron chi connectivity index (χ1n) is 5.24. The van der Waals surface area contributed by atoms with Gasteiger partial charge in [0.25, 0.3) is 0 Å². The Kier molecular flexibility index (Phi) is 3.86. The molecule has 1 aliphatic rings. The molecule has 0 saturated carbocycles. The molecule has 1 amide bonds. The molecule has 0 unspecified atom stereocenters. The SMILES string of the molecule is CC[C@H](C)[C@H](N)C(=O)N1CC[C@H](F)C1. The van der Waals surface area contributed by atoms with Crippen LogP contribution in [-0.4, -0.2) is 36.1 Å². The molecule has 0 aliphatic carbocycles. The summed E-state index contributed by atoms with van der Waals surface area (Å²) in [6.07, 6.45) is 0.474. The average molecular weight is 202 g/mol. The van der Waals surface area contributed by atoms with E-state index in [1.807, 2.05) is 13.8 Å². The summed E-state index contributed by atoms with van der Waals surface area (Å²) in [5.74, 6) is 0.0701. The Balaban J connectivity index is 2.48. The highest BCUT2D eigenvalue weighted by molar-refractivity contribution is 5.82. The molecular formula is C10H19FN2O. The highest BCUT2D eigenvalue weighted by atomic mass is 19.1. The van der Waals surface area contributed by atoms with Crippen LogP contribution in [0.5, 0.6) is 0 Å². The van der Waals surface area contributed by atoms with Gasteiger partial charge in [-0.25, -0.2) is 4.39 Å². The van der Waals surface area contributed by atoms with Gasteiger partial charge in [-0.15, -0.1) is 0 Å². The Hall–Kier alpha value is -0.640. The number of rotatable bonds is 3. The molecule has 14 heavy (non-hydrogen) atoms. The maximum Gasteiger partial charge on any atom is 0.239 e. The fraction of sp³-hybridized carbons (Fsp3) is 0.900. The second kappa shape index (κ2) is 4.73. The number of hydrogen-bond acceptors (Lipinski definition) is 2. The first kappa shape index (κ1) is 11.4. The molecule has 2 N–H and O–H groups in total. The number of alkyl halides is 1. The molecule has 1 heterocycles. The molecule has 3 atom stereocenters. The Morgan fingerprint density at radius 2 is 2.36 bits per heavy atom. The predicted molar refractivity (Wildman–Crippen MR) is 53.5 cm³/mol. The van der Waals surface area contributed by atoms with E-state index in [-0.39, 0.29) is 18.4 Å². The fourth-order valence-electron chi connectivity index (χ4n) is 1.63. The van der Waals surface area contributed by atoms with Crippen LogP contribution >= 0.6 is 0 Å². The maximum atomic E-state index is 12.8. The van der Waals surface area contributed by atoms with Crippen LogP contribution < -0.4 is 5.73 Å². The Morgan fingerprint density at radius 1 is 1.71 bits per heavy atom. The summed E-state index contributed by atoms with van der Waals surface area (Å²) in [5.41, 5.74) is 5.78. The number of amides is 1. The fourth-order valence-corrected chi connectivity index (χ4v) is 1.63. The van der Waals surface area contributed by atoms with Crippen molar-refractivity contribution in [1.82, 2.24) is 4.90 Å². The summed E-state index contributed by atoms with van der Waals surface area (Å²) in [6, 6.07) is -0.467. The average Bonchev–Trinajstić information content (AvgIpc) is 2.61. The van der Waals surface area contributed by atoms with Gasteiger partial charge in [0.2, 0.25) is 5.91 Å². The quantitative estimate of drug-likeness (QED) is 0.740. The van der Waals surface area contributed by atoms with Gasteiger partial charge in [-0.3, -0.25) is 4.79 Å². The second-order valence-electron chi connectivity index (χ2n) is 4.08. The third-order valence-electron chi connectivity index (χ3n) is 2.98. The van der Waals surface area contributed by atoms with Gasteiger partial charge in [0, 0.05) is 6.54 Å². The van der Waals surface area contributed by atoms with Crippen LogP contribution in [-0.2, 0) is 4.79 Å². The van der Waals surface area contributed by atoms with Crippen LogP contribution in [0.15, 0.2) is 0 Å². The third kappa shape index (κ3) is 2.44. The molecule has 1 aliphatic heterocycles. The van der Waals surface area contributed by atoms with Crippen LogP contribution in [0.4, 0.5) is 4.39 Å². The predicted octanol–water partition coefficient (Wildman–Crippen LogP) is 0.930. The highest BCUT2D eigenvalue weighted by Gasteiger charge is 2.30. The maximum absolute atomic E-state index is 12.8. The first-order valence-corrected chi connectivity index (χ1v) is 5.24. The molecule has 1 rings (SSSR count). The minimum atomic E-state index is -0.858. The van der Waals surface area contributed by atoms with Gasteiger partial charge in [0.15, 0.2) is 0 Å². The minimum absolute atomic E-state index is 0.0977. The van der Waals surface area contributed by atoms with Gasteiger partial charge in [-0.05, 0) is 12.3 Å². The third-order valence-corrected chi connectivity index (χ3v) is 2.98. The van der Waals surface area contributed by atoms with E-state index in [0.717, 1.165) is 6.42 Å². The summed E-state index contributed by atoms with van der Waals surface area (Å²) in [5, 5.41) is 0. The van der Waals surface area contributed by atoms with Gasteiger partial charge in [0.1, 0.15) is 6.17 Å². The Bertz CT molecular complexity index is 206. The molecule has 82 valence electrons. The van der Waals surface area contributed by atoms with Gasteiger partial charge in [-0.2, -0.15) is 0 Å². The monoisotopic (exact) mass is 202 g/mol. The molecule has 1 fully saturated rings. The summed E-state index contributed by atoms with van der Waals surface area (Å²) in [6.45, 7) is 4.69. The van der Waals surface area contributed by atoms with Crippen molar-refractivity contribution in [2.75, 3.05) is 13.1 Å². The van der Waals surface area contributed by atoms with Crippen molar-refractivity contribution in [3.8, 4) is 0 Å². The summed E-state index contributed by atoms with van der Waals surface area (Å²) in [4.78, 5) is 13.3. The lowest BCUT2D eigenvalue weighted by Crippen LogP contribution is -2.46. The van der Waals surface area contributed by atoms with Crippen LogP contribution in [0.25, 0.3) is 0 Å². The van der Waals surface area contributed by atoms with Gasteiger partial charge in [0.05, 0.1) is 12.6 Å².